The molecule has 3 N–H and O–H groups in total. The molecule has 31 heavy (non-hydrogen) atoms. The molecule has 2 aromatic carbocycles. The lowest BCUT2D eigenvalue weighted by atomic mass is 10.0. The van der Waals surface area contributed by atoms with Crippen LogP contribution in [0.25, 0.3) is 0 Å². The molecule has 0 aliphatic rings. The van der Waals surface area contributed by atoms with Gasteiger partial charge in [-0.25, -0.2) is 0 Å². The van der Waals surface area contributed by atoms with Crippen LogP contribution in [0.4, 0.5) is 0 Å². The highest BCUT2D eigenvalue weighted by atomic mass is 79.9. The number of nitrogens with one attached hydrogen (secondary N) is 3. The molecule has 166 valence electrons. The molecule has 0 aliphatic carbocycles. The predicted molar refractivity (Wildman–Crippen MR) is 120 cm³/mol. The van der Waals surface area contributed by atoms with E-state index in [9.17, 15) is 14.4 Å². The molecule has 0 bridgehead atoms. The Labute approximate surface area is 189 Å². The summed E-state index contributed by atoms with van der Waals surface area (Å²) in [5, 5.41) is 2.69. The van der Waals surface area contributed by atoms with Crippen LogP contribution >= 0.6 is 15.9 Å². The smallest absolute Gasteiger partial charge is 0.276 e. The summed E-state index contributed by atoms with van der Waals surface area (Å²) in [7, 11) is 0. The molecular weight excluding hydrogens is 466 g/mol. The highest BCUT2D eigenvalue weighted by molar-refractivity contribution is 9.10. The summed E-state index contributed by atoms with van der Waals surface area (Å²) >= 11 is 3.32. The highest BCUT2D eigenvalue weighted by Crippen LogP contribution is 2.17. The van der Waals surface area contributed by atoms with E-state index in [1.165, 1.54) is 0 Å². The van der Waals surface area contributed by atoms with Gasteiger partial charge in [-0.3, -0.25) is 25.2 Å². The molecule has 0 aromatic heterocycles. The van der Waals surface area contributed by atoms with Gasteiger partial charge in [-0.05, 0) is 55.3 Å². The second-order valence-corrected chi connectivity index (χ2v) is 7.85. The summed E-state index contributed by atoms with van der Waals surface area (Å²) in [6.07, 6.45) is 0. The van der Waals surface area contributed by atoms with Crippen molar-refractivity contribution in [3.8, 4) is 11.5 Å². The van der Waals surface area contributed by atoms with Gasteiger partial charge in [-0.15, -0.1) is 0 Å². The van der Waals surface area contributed by atoms with Crippen LogP contribution in [0.2, 0.25) is 0 Å². The molecule has 0 radical (unpaired) electrons. The van der Waals surface area contributed by atoms with Crippen LogP contribution in [0.15, 0.2) is 53.0 Å². The Balaban J connectivity index is 1.86. The fraction of sp³-hybridized carbons (Fsp3) is 0.318. The van der Waals surface area contributed by atoms with Gasteiger partial charge in [0.1, 0.15) is 17.5 Å². The van der Waals surface area contributed by atoms with Crippen LogP contribution < -0.4 is 25.6 Å². The lowest BCUT2D eigenvalue weighted by Gasteiger charge is -2.22. The number of benzene rings is 2. The molecule has 0 heterocycles. The number of carbonyl (C=O) groups excluding carboxylic acids is 3. The Morgan fingerprint density at radius 1 is 0.968 bits per heavy atom. The first-order valence-corrected chi connectivity index (χ1v) is 10.6. The van der Waals surface area contributed by atoms with E-state index in [4.69, 9.17) is 9.47 Å². The van der Waals surface area contributed by atoms with Crippen LogP contribution in [0.5, 0.6) is 11.5 Å². The fourth-order valence-corrected chi connectivity index (χ4v) is 2.96. The minimum absolute atomic E-state index is 0.207. The molecule has 0 fully saturated rings. The first-order valence-electron chi connectivity index (χ1n) is 9.81. The second kappa shape index (κ2) is 11.9. The van der Waals surface area contributed by atoms with Crippen LogP contribution in [0.1, 0.15) is 31.1 Å². The van der Waals surface area contributed by atoms with Crippen LogP contribution in [0.3, 0.4) is 0 Å². The van der Waals surface area contributed by atoms with Crippen molar-refractivity contribution in [1.82, 2.24) is 16.2 Å². The molecule has 9 heteroatoms. The van der Waals surface area contributed by atoms with Gasteiger partial charge in [0.05, 0.1) is 6.61 Å². The third kappa shape index (κ3) is 7.93. The molecule has 0 saturated carbocycles. The van der Waals surface area contributed by atoms with E-state index in [0.717, 1.165) is 4.47 Å². The highest BCUT2D eigenvalue weighted by Gasteiger charge is 2.25. The molecule has 8 nitrogen and oxygen atoms in total. The molecule has 1 atom stereocenters. The average Bonchev–Trinajstić information content (AvgIpc) is 2.74. The Hall–Kier alpha value is -3.07. The lowest BCUT2D eigenvalue weighted by molar-refractivity contribution is -0.131. The van der Waals surface area contributed by atoms with Crippen molar-refractivity contribution in [2.45, 2.75) is 26.8 Å². The summed E-state index contributed by atoms with van der Waals surface area (Å²) in [6, 6.07) is 12.8. The lowest BCUT2D eigenvalue weighted by Crippen LogP contribution is -2.54. The van der Waals surface area contributed by atoms with E-state index >= 15 is 0 Å². The summed E-state index contributed by atoms with van der Waals surface area (Å²) in [4.78, 5) is 37.0. The fourth-order valence-electron chi connectivity index (χ4n) is 2.58. The first kappa shape index (κ1) is 24.2. The number of hydrazine groups is 1. The zero-order valence-electron chi connectivity index (χ0n) is 17.6. The van der Waals surface area contributed by atoms with Gasteiger partial charge in [-0.2, -0.15) is 0 Å². The van der Waals surface area contributed by atoms with Gasteiger partial charge in [0.15, 0.2) is 6.61 Å². The third-order valence-corrected chi connectivity index (χ3v) is 4.65. The van der Waals surface area contributed by atoms with Gasteiger partial charge in [0.25, 0.3) is 17.7 Å². The molecular formula is C22H26BrN3O5. The first-order chi connectivity index (χ1) is 14.8. The van der Waals surface area contributed by atoms with Crippen molar-refractivity contribution in [3.63, 3.8) is 0 Å². The SMILES string of the molecule is CCOc1ccc(C(=O)N[C@@H](C(=O)NNC(=O)COc2cccc(Br)c2)C(C)C)cc1. The Bertz CT molecular complexity index is 902. The average molecular weight is 492 g/mol. The monoisotopic (exact) mass is 491 g/mol. The van der Waals surface area contributed by atoms with E-state index in [2.05, 4.69) is 32.1 Å². The molecule has 0 spiro atoms. The predicted octanol–water partition coefficient (Wildman–Crippen LogP) is 2.83. The molecule has 0 aliphatic heterocycles. The zero-order chi connectivity index (χ0) is 22.8. The normalized spacial score (nSPS) is 11.4. The van der Waals surface area contributed by atoms with Gasteiger partial charge in [0, 0.05) is 10.0 Å². The summed E-state index contributed by atoms with van der Waals surface area (Å²) in [5.41, 5.74) is 5.02. The number of carbonyl (C=O) groups is 3. The van der Waals surface area contributed by atoms with Crippen molar-refractivity contribution >= 4 is 33.7 Å². The summed E-state index contributed by atoms with van der Waals surface area (Å²) < 4.78 is 11.5. The number of hydrogen-bond donors (Lipinski definition) is 3. The standard InChI is InChI=1S/C22H26BrN3O5/c1-4-30-17-10-8-15(9-11-17)21(28)24-20(14(2)3)22(29)26-25-19(27)13-31-18-7-5-6-16(23)12-18/h5-12,14,20H,4,13H2,1-3H3,(H,24,28)(H,25,27)(H,26,29)/t20-/m1/s1. The van der Waals surface area contributed by atoms with Gasteiger partial charge in [0.2, 0.25) is 0 Å². The number of ether oxygens (including phenoxy) is 2. The zero-order valence-corrected chi connectivity index (χ0v) is 19.2. The van der Waals surface area contributed by atoms with Crippen molar-refractivity contribution in [2.75, 3.05) is 13.2 Å². The van der Waals surface area contributed by atoms with Crippen LogP contribution in [0, 0.1) is 5.92 Å². The minimum Gasteiger partial charge on any atom is -0.494 e. The number of hydrogen-bond acceptors (Lipinski definition) is 5. The van der Waals surface area contributed by atoms with Crippen LogP contribution in [-0.2, 0) is 9.59 Å². The Morgan fingerprint density at radius 2 is 1.68 bits per heavy atom. The van der Waals surface area contributed by atoms with Gasteiger partial charge < -0.3 is 14.8 Å². The number of halogens is 1. The van der Waals surface area contributed by atoms with Gasteiger partial charge in [-0.1, -0.05) is 35.8 Å². The molecule has 0 unspecified atom stereocenters. The maximum absolute atomic E-state index is 12.5. The summed E-state index contributed by atoms with van der Waals surface area (Å²) in [5.74, 6) is -0.509. The van der Waals surface area contributed by atoms with Gasteiger partial charge >= 0.3 is 0 Å². The van der Waals surface area contributed by atoms with Crippen molar-refractivity contribution < 1.29 is 23.9 Å². The number of rotatable bonds is 9. The quantitative estimate of drug-likeness (QED) is 0.467. The maximum Gasteiger partial charge on any atom is 0.276 e. The minimum atomic E-state index is -0.842. The van der Waals surface area contributed by atoms with E-state index in [-0.39, 0.29) is 12.5 Å². The van der Waals surface area contributed by atoms with E-state index in [0.29, 0.717) is 23.7 Å². The van der Waals surface area contributed by atoms with Crippen molar-refractivity contribution in [3.05, 3.63) is 58.6 Å². The molecule has 2 aromatic rings. The Morgan fingerprint density at radius 3 is 2.29 bits per heavy atom. The molecule has 0 saturated heterocycles. The van der Waals surface area contributed by atoms with Crippen LogP contribution in [-0.4, -0.2) is 37.0 Å². The third-order valence-electron chi connectivity index (χ3n) is 4.15. The number of amides is 3. The van der Waals surface area contributed by atoms with E-state index < -0.39 is 23.8 Å². The van der Waals surface area contributed by atoms with Crippen molar-refractivity contribution in [2.24, 2.45) is 5.92 Å². The maximum atomic E-state index is 12.5. The van der Waals surface area contributed by atoms with Crippen molar-refractivity contribution in [1.29, 1.82) is 0 Å². The van der Waals surface area contributed by atoms with E-state index in [1.807, 2.05) is 13.0 Å². The largest absolute Gasteiger partial charge is 0.494 e. The second-order valence-electron chi connectivity index (χ2n) is 6.94. The molecule has 3 amide bonds. The summed E-state index contributed by atoms with van der Waals surface area (Å²) in [6.45, 7) is 5.71. The van der Waals surface area contributed by atoms with E-state index in [1.54, 1.807) is 56.3 Å². The topological polar surface area (TPSA) is 106 Å². The molecule has 2 rings (SSSR count). The Kier molecular flexibility index (Phi) is 9.33.